The van der Waals surface area contributed by atoms with Crippen molar-refractivity contribution in [3.63, 3.8) is 0 Å². The Hall–Kier alpha value is -1.77. The standard InChI is InChI=1S/C12H15N3/c1-3-10-11(12(13)15-14-10)9-6-4-8(2)5-7-9/h4-7H,3H2,1-2H3,(H3,13,14,15). The van der Waals surface area contributed by atoms with Crippen molar-refractivity contribution < 1.29 is 0 Å². The summed E-state index contributed by atoms with van der Waals surface area (Å²) in [5.74, 6) is 0.649. The molecular weight excluding hydrogens is 186 g/mol. The summed E-state index contributed by atoms with van der Waals surface area (Å²) in [6.45, 7) is 4.15. The smallest absolute Gasteiger partial charge is 0.127 e. The fourth-order valence-corrected chi connectivity index (χ4v) is 1.69. The van der Waals surface area contributed by atoms with Gasteiger partial charge < -0.3 is 5.73 Å². The lowest BCUT2D eigenvalue weighted by atomic mass is 10.0. The first-order valence-corrected chi connectivity index (χ1v) is 5.12. The molecule has 3 N–H and O–H groups in total. The predicted octanol–water partition coefficient (Wildman–Crippen LogP) is 2.53. The van der Waals surface area contributed by atoms with Crippen LogP contribution in [0.2, 0.25) is 0 Å². The first-order chi connectivity index (χ1) is 7.22. The third-order valence-corrected chi connectivity index (χ3v) is 2.54. The second-order valence-electron chi connectivity index (χ2n) is 3.68. The number of nitrogens with zero attached hydrogens (tertiary/aromatic N) is 1. The van der Waals surface area contributed by atoms with Crippen LogP contribution in [0.4, 0.5) is 5.82 Å². The van der Waals surface area contributed by atoms with Gasteiger partial charge in [0.05, 0.1) is 5.69 Å². The zero-order valence-electron chi connectivity index (χ0n) is 9.04. The van der Waals surface area contributed by atoms with Gasteiger partial charge in [-0.25, -0.2) is 0 Å². The van der Waals surface area contributed by atoms with E-state index in [1.54, 1.807) is 0 Å². The second-order valence-corrected chi connectivity index (χ2v) is 3.68. The molecule has 0 unspecified atom stereocenters. The molecule has 0 aliphatic rings. The van der Waals surface area contributed by atoms with Gasteiger partial charge in [0.15, 0.2) is 0 Å². The van der Waals surface area contributed by atoms with Crippen LogP contribution in [0.25, 0.3) is 11.1 Å². The SMILES string of the molecule is CCc1n[nH]c(N)c1-c1ccc(C)cc1. The molecule has 0 spiro atoms. The summed E-state index contributed by atoms with van der Waals surface area (Å²) in [7, 11) is 0. The topological polar surface area (TPSA) is 54.7 Å². The maximum Gasteiger partial charge on any atom is 0.127 e. The third-order valence-electron chi connectivity index (χ3n) is 2.54. The highest BCUT2D eigenvalue weighted by molar-refractivity contribution is 5.76. The molecule has 3 heteroatoms. The number of aromatic amines is 1. The van der Waals surface area contributed by atoms with Crippen LogP contribution in [0.5, 0.6) is 0 Å². The second kappa shape index (κ2) is 3.77. The molecule has 2 aromatic rings. The maximum absolute atomic E-state index is 5.87. The van der Waals surface area contributed by atoms with Crippen molar-refractivity contribution in [2.75, 3.05) is 5.73 Å². The highest BCUT2D eigenvalue weighted by atomic mass is 15.2. The van der Waals surface area contributed by atoms with E-state index < -0.39 is 0 Å². The number of rotatable bonds is 2. The minimum absolute atomic E-state index is 0.649. The summed E-state index contributed by atoms with van der Waals surface area (Å²) in [5.41, 5.74) is 10.3. The van der Waals surface area contributed by atoms with Crippen molar-refractivity contribution in [3.8, 4) is 11.1 Å². The fourth-order valence-electron chi connectivity index (χ4n) is 1.69. The first-order valence-electron chi connectivity index (χ1n) is 5.12. The lowest BCUT2D eigenvalue weighted by Crippen LogP contribution is -1.89. The van der Waals surface area contributed by atoms with Crippen molar-refractivity contribution in [1.29, 1.82) is 0 Å². The summed E-state index contributed by atoms with van der Waals surface area (Å²) in [6.07, 6.45) is 0.886. The number of hydrogen-bond acceptors (Lipinski definition) is 2. The molecule has 0 saturated carbocycles. The van der Waals surface area contributed by atoms with Crippen molar-refractivity contribution >= 4 is 5.82 Å². The largest absolute Gasteiger partial charge is 0.384 e. The van der Waals surface area contributed by atoms with Gasteiger partial charge >= 0.3 is 0 Å². The van der Waals surface area contributed by atoms with Crippen molar-refractivity contribution in [2.45, 2.75) is 20.3 Å². The Bertz CT molecular complexity index is 454. The molecule has 1 aromatic heterocycles. The zero-order valence-corrected chi connectivity index (χ0v) is 9.04. The number of aryl methyl sites for hydroxylation is 2. The van der Waals surface area contributed by atoms with Crippen LogP contribution >= 0.6 is 0 Å². The van der Waals surface area contributed by atoms with Crippen LogP contribution in [0.1, 0.15) is 18.2 Å². The number of nitrogens with one attached hydrogen (secondary N) is 1. The Morgan fingerprint density at radius 2 is 1.93 bits per heavy atom. The van der Waals surface area contributed by atoms with Gasteiger partial charge in [0, 0.05) is 5.56 Å². The summed E-state index contributed by atoms with van der Waals surface area (Å²) in [5, 5.41) is 7.01. The summed E-state index contributed by atoms with van der Waals surface area (Å²) >= 11 is 0. The summed E-state index contributed by atoms with van der Waals surface area (Å²) in [4.78, 5) is 0. The minimum atomic E-state index is 0.649. The van der Waals surface area contributed by atoms with Crippen LogP contribution < -0.4 is 5.73 Å². The Morgan fingerprint density at radius 1 is 1.27 bits per heavy atom. The number of nitrogens with two attached hydrogens (primary N) is 1. The number of anilines is 1. The molecule has 2 rings (SSSR count). The average Bonchev–Trinajstić information content (AvgIpc) is 2.61. The molecule has 0 fully saturated rings. The minimum Gasteiger partial charge on any atom is -0.384 e. The summed E-state index contributed by atoms with van der Waals surface area (Å²) in [6, 6.07) is 8.33. The molecule has 1 heterocycles. The molecule has 78 valence electrons. The molecule has 0 bridgehead atoms. The Labute approximate surface area is 89.3 Å². The molecule has 15 heavy (non-hydrogen) atoms. The molecule has 0 aliphatic heterocycles. The van der Waals surface area contributed by atoms with E-state index in [0.717, 1.165) is 23.2 Å². The number of aromatic nitrogens is 2. The van der Waals surface area contributed by atoms with Gasteiger partial charge in [0.25, 0.3) is 0 Å². The monoisotopic (exact) mass is 201 g/mol. The lowest BCUT2D eigenvalue weighted by molar-refractivity contribution is 0.978. The van der Waals surface area contributed by atoms with E-state index in [2.05, 4.69) is 48.3 Å². The number of H-pyrrole nitrogens is 1. The lowest BCUT2D eigenvalue weighted by Gasteiger charge is -2.02. The predicted molar refractivity (Wildman–Crippen MR) is 62.6 cm³/mol. The highest BCUT2D eigenvalue weighted by Crippen LogP contribution is 2.28. The van der Waals surface area contributed by atoms with Gasteiger partial charge in [-0.3, -0.25) is 5.10 Å². The number of benzene rings is 1. The van der Waals surface area contributed by atoms with E-state index in [1.807, 2.05) is 0 Å². The quantitative estimate of drug-likeness (QED) is 0.784. The molecule has 0 radical (unpaired) electrons. The Morgan fingerprint density at radius 3 is 2.53 bits per heavy atom. The van der Waals surface area contributed by atoms with Gasteiger partial charge in [0.1, 0.15) is 5.82 Å². The molecular formula is C12H15N3. The van der Waals surface area contributed by atoms with Gasteiger partial charge in [-0.1, -0.05) is 36.8 Å². The fraction of sp³-hybridized carbons (Fsp3) is 0.250. The van der Waals surface area contributed by atoms with Gasteiger partial charge in [0.2, 0.25) is 0 Å². The molecule has 0 saturated heterocycles. The summed E-state index contributed by atoms with van der Waals surface area (Å²) < 4.78 is 0. The van der Waals surface area contributed by atoms with Crippen LogP contribution in [-0.2, 0) is 6.42 Å². The zero-order chi connectivity index (χ0) is 10.8. The van der Waals surface area contributed by atoms with E-state index >= 15 is 0 Å². The van der Waals surface area contributed by atoms with Gasteiger partial charge in [-0.2, -0.15) is 5.10 Å². The Balaban J connectivity index is 2.52. The molecule has 0 aliphatic carbocycles. The van der Waals surface area contributed by atoms with Crippen molar-refractivity contribution in [3.05, 3.63) is 35.5 Å². The van der Waals surface area contributed by atoms with E-state index in [4.69, 9.17) is 5.73 Å². The van der Waals surface area contributed by atoms with Crippen LogP contribution in [0.15, 0.2) is 24.3 Å². The van der Waals surface area contributed by atoms with Crippen molar-refractivity contribution in [1.82, 2.24) is 10.2 Å². The van der Waals surface area contributed by atoms with E-state index in [1.165, 1.54) is 5.56 Å². The van der Waals surface area contributed by atoms with Gasteiger partial charge in [-0.15, -0.1) is 0 Å². The van der Waals surface area contributed by atoms with E-state index in [0.29, 0.717) is 5.82 Å². The molecule has 1 aromatic carbocycles. The first kappa shape index (κ1) is 9.77. The number of hydrogen-bond donors (Lipinski definition) is 2. The molecule has 3 nitrogen and oxygen atoms in total. The average molecular weight is 201 g/mol. The van der Waals surface area contributed by atoms with Crippen LogP contribution in [0.3, 0.4) is 0 Å². The van der Waals surface area contributed by atoms with Gasteiger partial charge in [-0.05, 0) is 18.9 Å². The van der Waals surface area contributed by atoms with E-state index in [9.17, 15) is 0 Å². The maximum atomic E-state index is 5.87. The van der Waals surface area contributed by atoms with Crippen LogP contribution in [-0.4, -0.2) is 10.2 Å². The number of nitrogen functional groups attached to an aromatic ring is 1. The third kappa shape index (κ3) is 1.73. The normalized spacial score (nSPS) is 10.5. The van der Waals surface area contributed by atoms with E-state index in [-0.39, 0.29) is 0 Å². The molecule has 0 atom stereocenters. The highest BCUT2D eigenvalue weighted by Gasteiger charge is 2.10. The van der Waals surface area contributed by atoms with Crippen LogP contribution in [0, 0.1) is 6.92 Å². The van der Waals surface area contributed by atoms with Crippen molar-refractivity contribution in [2.24, 2.45) is 0 Å². The molecule has 0 amide bonds. The Kier molecular flexibility index (Phi) is 2.46.